The summed E-state index contributed by atoms with van der Waals surface area (Å²) in [7, 11) is 0. The average Bonchev–Trinajstić information content (AvgIpc) is 2.90. The number of para-hydroxylation sites is 1. The van der Waals surface area contributed by atoms with Crippen molar-refractivity contribution < 1.29 is 4.79 Å². The molecule has 0 saturated heterocycles. The topological polar surface area (TPSA) is 59.8 Å². The molecule has 0 fully saturated rings. The molecule has 0 spiro atoms. The minimum absolute atomic E-state index is 0.0362. The predicted molar refractivity (Wildman–Crippen MR) is 63.9 cm³/mol. The van der Waals surface area contributed by atoms with Crippen molar-refractivity contribution in [3.63, 3.8) is 0 Å². The van der Waals surface area contributed by atoms with Crippen molar-refractivity contribution in [2.75, 3.05) is 5.88 Å². The first-order valence-corrected chi connectivity index (χ1v) is 5.60. The molecule has 1 N–H and O–H groups in total. The van der Waals surface area contributed by atoms with E-state index in [-0.39, 0.29) is 11.8 Å². The van der Waals surface area contributed by atoms with Gasteiger partial charge in [0.15, 0.2) is 0 Å². The number of benzene rings is 1. The van der Waals surface area contributed by atoms with Crippen molar-refractivity contribution in [3.8, 4) is 5.69 Å². The predicted octanol–water partition coefficient (Wildman–Crippen LogP) is 1.12. The quantitative estimate of drug-likeness (QED) is 0.828. The van der Waals surface area contributed by atoms with E-state index in [2.05, 4.69) is 15.4 Å². The number of carbonyl (C=O) groups excluding carboxylic acids is 1. The van der Waals surface area contributed by atoms with Gasteiger partial charge in [-0.25, -0.2) is 9.67 Å². The molecule has 1 aromatic heterocycles. The van der Waals surface area contributed by atoms with E-state index in [0.29, 0.717) is 6.54 Å². The summed E-state index contributed by atoms with van der Waals surface area (Å²) in [6, 6.07) is 7.65. The molecule has 0 aliphatic rings. The second-order valence-corrected chi connectivity index (χ2v) is 3.65. The Hall–Kier alpha value is -1.88. The minimum Gasteiger partial charge on any atom is -0.351 e. The van der Waals surface area contributed by atoms with Crippen molar-refractivity contribution in [2.45, 2.75) is 6.54 Å². The van der Waals surface area contributed by atoms with Gasteiger partial charge in [-0.3, -0.25) is 4.79 Å². The largest absolute Gasteiger partial charge is 0.351 e. The Labute approximate surface area is 103 Å². The van der Waals surface area contributed by atoms with Gasteiger partial charge < -0.3 is 5.32 Å². The normalized spacial score (nSPS) is 10.2. The van der Waals surface area contributed by atoms with Crippen LogP contribution in [0.1, 0.15) is 5.56 Å². The number of nitrogens with zero attached hydrogens (tertiary/aromatic N) is 3. The molecule has 2 rings (SSSR count). The molecule has 1 heterocycles. The number of hydrogen-bond donors (Lipinski definition) is 1. The fourth-order valence-corrected chi connectivity index (χ4v) is 1.55. The fourth-order valence-electron chi connectivity index (χ4n) is 1.46. The fraction of sp³-hybridized carbons (Fsp3) is 0.182. The summed E-state index contributed by atoms with van der Waals surface area (Å²) in [5, 5.41) is 6.78. The van der Waals surface area contributed by atoms with Crippen LogP contribution < -0.4 is 5.32 Å². The van der Waals surface area contributed by atoms with Crippen LogP contribution in [0.5, 0.6) is 0 Å². The lowest BCUT2D eigenvalue weighted by Crippen LogP contribution is -2.24. The summed E-state index contributed by atoms with van der Waals surface area (Å²) in [5.41, 5.74) is 1.84. The Morgan fingerprint density at radius 2 is 2.24 bits per heavy atom. The first-order valence-electron chi connectivity index (χ1n) is 5.07. The van der Waals surface area contributed by atoms with Gasteiger partial charge in [0, 0.05) is 6.54 Å². The van der Waals surface area contributed by atoms with Crippen molar-refractivity contribution >= 4 is 17.5 Å². The van der Waals surface area contributed by atoms with Crippen LogP contribution in [-0.4, -0.2) is 26.6 Å². The number of nitrogens with one attached hydrogen (secondary N) is 1. The zero-order valence-corrected chi connectivity index (χ0v) is 9.76. The Bertz CT molecular complexity index is 498. The zero-order chi connectivity index (χ0) is 12.1. The average molecular weight is 251 g/mol. The van der Waals surface area contributed by atoms with Crippen LogP contribution in [0.3, 0.4) is 0 Å². The van der Waals surface area contributed by atoms with Gasteiger partial charge in [0.1, 0.15) is 18.5 Å². The number of halogens is 1. The van der Waals surface area contributed by atoms with Crippen molar-refractivity contribution in [1.29, 1.82) is 0 Å². The summed E-state index contributed by atoms with van der Waals surface area (Å²) in [4.78, 5) is 15.0. The van der Waals surface area contributed by atoms with Gasteiger partial charge in [-0.15, -0.1) is 11.6 Å². The minimum atomic E-state index is -0.194. The third kappa shape index (κ3) is 2.82. The molecule has 1 amide bonds. The van der Waals surface area contributed by atoms with Gasteiger partial charge in [-0.1, -0.05) is 18.2 Å². The SMILES string of the molecule is O=C(CCl)NCc1ccccc1-n1cncn1. The molecule has 2 aromatic rings. The van der Waals surface area contributed by atoms with E-state index < -0.39 is 0 Å². The van der Waals surface area contributed by atoms with Gasteiger partial charge in [0.05, 0.1) is 5.69 Å². The molecule has 88 valence electrons. The van der Waals surface area contributed by atoms with E-state index in [1.807, 2.05) is 24.3 Å². The Morgan fingerprint density at radius 1 is 1.41 bits per heavy atom. The molecule has 0 aliphatic carbocycles. The highest BCUT2D eigenvalue weighted by molar-refractivity contribution is 6.27. The van der Waals surface area contributed by atoms with Gasteiger partial charge in [0.25, 0.3) is 0 Å². The molecular weight excluding hydrogens is 240 g/mol. The summed E-state index contributed by atoms with van der Waals surface area (Å²) < 4.78 is 1.65. The third-order valence-electron chi connectivity index (χ3n) is 2.25. The molecule has 0 atom stereocenters. The molecule has 0 unspecified atom stereocenters. The molecule has 5 nitrogen and oxygen atoms in total. The highest BCUT2D eigenvalue weighted by Gasteiger charge is 2.05. The third-order valence-corrected chi connectivity index (χ3v) is 2.50. The smallest absolute Gasteiger partial charge is 0.235 e. The van der Waals surface area contributed by atoms with Crippen LogP contribution in [0.2, 0.25) is 0 Å². The van der Waals surface area contributed by atoms with Crippen LogP contribution >= 0.6 is 11.6 Å². The molecule has 17 heavy (non-hydrogen) atoms. The van der Waals surface area contributed by atoms with Crippen LogP contribution in [0.4, 0.5) is 0 Å². The molecular formula is C11H11ClN4O. The summed E-state index contributed by atoms with van der Waals surface area (Å²) in [5.74, 6) is -0.231. The summed E-state index contributed by atoms with van der Waals surface area (Å²) >= 11 is 5.42. The summed E-state index contributed by atoms with van der Waals surface area (Å²) in [6.45, 7) is 0.418. The van der Waals surface area contributed by atoms with Gasteiger partial charge >= 0.3 is 0 Å². The first-order chi connectivity index (χ1) is 8.31. The zero-order valence-electron chi connectivity index (χ0n) is 9.01. The second kappa shape index (κ2) is 5.45. The van der Waals surface area contributed by atoms with Crippen LogP contribution in [0.25, 0.3) is 5.69 Å². The van der Waals surface area contributed by atoms with Crippen LogP contribution in [-0.2, 0) is 11.3 Å². The lowest BCUT2D eigenvalue weighted by Gasteiger charge is -2.09. The number of amides is 1. The van der Waals surface area contributed by atoms with Gasteiger partial charge in [-0.05, 0) is 11.6 Å². The number of hydrogen-bond acceptors (Lipinski definition) is 3. The standard InChI is InChI=1S/C11H11ClN4O/c12-5-11(17)14-6-9-3-1-2-4-10(9)16-8-13-7-15-16/h1-4,7-8H,5-6H2,(H,14,17). The highest BCUT2D eigenvalue weighted by Crippen LogP contribution is 2.12. The number of carbonyl (C=O) groups is 1. The van der Waals surface area contributed by atoms with E-state index in [1.165, 1.54) is 6.33 Å². The van der Waals surface area contributed by atoms with Crippen molar-refractivity contribution in [1.82, 2.24) is 20.1 Å². The molecule has 0 saturated carbocycles. The lowest BCUT2D eigenvalue weighted by molar-refractivity contribution is -0.118. The molecule has 1 aromatic carbocycles. The van der Waals surface area contributed by atoms with E-state index in [0.717, 1.165) is 11.3 Å². The van der Waals surface area contributed by atoms with Crippen molar-refractivity contribution in [3.05, 3.63) is 42.5 Å². The Morgan fingerprint density at radius 3 is 2.94 bits per heavy atom. The van der Waals surface area contributed by atoms with Crippen LogP contribution in [0, 0.1) is 0 Å². The Kier molecular flexibility index (Phi) is 3.72. The lowest BCUT2D eigenvalue weighted by atomic mass is 10.2. The Balaban J connectivity index is 2.20. The maximum Gasteiger partial charge on any atom is 0.235 e. The molecule has 0 bridgehead atoms. The van der Waals surface area contributed by atoms with E-state index >= 15 is 0 Å². The maximum absolute atomic E-state index is 11.1. The highest BCUT2D eigenvalue weighted by atomic mass is 35.5. The first kappa shape index (κ1) is 11.6. The van der Waals surface area contributed by atoms with Gasteiger partial charge in [-0.2, -0.15) is 5.10 Å². The van der Waals surface area contributed by atoms with Crippen LogP contribution in [0.15, 0.2) is 36.9 Å². The molecule has 0 radical (unpaired) electrons. The van der Waals surface area contributed by atoms with E-state index in [4.69, 9.17) is 11.6 Å². The number of rotatable bonds is 4. The molecule has 0 aliphatic heterocycles. The monoisotopic (exact) mass is 250 g/mol. The van der Waals surface area contributed by atoms with E-state index in [1.54, 1.807) is 11.0 Å². The second-order valence-electron chi connectivity index (χ2n) is 3.38. The van der Waals surface area contributed by atoms with E-state index in [9.17, 15) is 4.79 Å². The number of aromatic nitrogens is 3. The maximum atomic E-state index is 11.1. The van der Waals surface area contributed by atoms with Crippen molar-refractivity contribution in [2.24, 2.45) is 0 Å². The molecule has 6 heteroatoms. The summed E-state index contributed by atoms with van der Waals surface area (Å²) in [6.07, 6.45) is 3.08. The number of alkyl halides is 1. The van der Waals surface area contributed by atoms with Gasteiger partial charge in [0.2, 0.25) is 5.91 Å².